The molecule has 1 rings (SSSR count). The highest BCUT2D eigenvalue weighted by molar-refractivity contribution is 4.90. The van der Waals surface area contributed by atoms with Gasteiger partial charge in [0, 0.05) is 11.8 Å². The maximum Gasteiger partial charge on any atom is 0.196 e. The Bertz CT molecular complexity index is 202. The predicted octanol–water partition coefficient (Wildman–Crippen LogP) is 3.41. The smallest absolute Gasteiger partial charge is 0.196 e. The summed E-state index contributed by atoms with van der Waals surface area (Å²) in [6, 6.07) is 0. The molecule has 2 nitrogen and oxygen atoms in total. The highest BCUT2D eigenvalue weighted by atomic mass is 19.1. The van der Waals surface area contributed by atoms with E-state index >= 15 is 0 Å². The molecule has 0 N–H and O–H groups in total. The van der Waals surface area contributed by atoms with Crippen LogP contribution in [0.5, 0.6) is 0 Å². The van der Waals surface area contributed by atoms with Crippen LogP contribution in [-0.4, -0.2) is 25.7 Å². The summed E-state index contributed by atoms with van der Waals surface area (Å²) in [4.78, 5) is 0. The molecular weight excluding hydrogens is 207 g/mol. The van der Waals surface area contributed by atoms with Crippen LogP contribution in [0.25, 0.3) is 0 Å². The summed E-state index contributed by atoms with van der Waals surface area (Å²) in [6.07, 6.45) is 0.565. The lowest BCUT2D eigenvalue weighted by Crippen LogP contribution is -2.54. The van der Waals surface area contributed by atoms with Gasteiger partial charge < -0.3 is 9.47 Å². The van der Waals surface area contributed by atoms with Crippen molar-refractivity contribution in [2.45, 2.75) is 46.8 Å². The van der Waals surface area contributed by atoms with Gasteiger partial charge in [0.15, 0.2) is 5.79 Å². The standard InChI is InChI=1S/C13H25FO2/c1-6-13(7-14)15-8-12(9-16-13,10(2)3)11(4)5/h10-11H,6-9H2,1-5H3. The van der Waals surface area contributed by atoms with E-state index in [4.69, 9.17) is 9.47 Å². The summed E-state index contributed by atoms with van der Waals surface area (Å²) < 4.78 is 24.3. The van der Waals surface area contributed by atoms with Gasteiger partial charge in [-0.1, -0.05) is 34.6 Å². The number of hydrogen-bond acceptors (Lipinski definition) is 2. The fourth-order valence-corrected chi connectivity index (χ4v) is 2.32. The maximum atomic E-state index is 12.9. The van der Waals surface area contributed by atoms with Crippen LogP contribution < -0.4 is 0 Å². The molecule has 1 aliphatic rings. The summed E-state index contributed by atoms with van der Waals surface area (Å²) >= 11 is 0. The normalized spacial score (nSPS) is 24.0. The minimum atomic E-state index is -0.979. The molecule has 0 atom stereocenters. The number of hydrogen-bond donors (Lipinski definition) is 0. The Labute approximate surface area is 98.5 Å². The predicted molar refractivity (Wildman–Crippen MR) is 63.0 cm³/mol. The first-order chi connectivity index (χ1) is 7.42. The zero-order valence-electron chi connectivity index (χ0n) is 11.2. The minimum absolute atomic E-state index is 0.0217. The van der Waals surface area contributed by atoms with E-state index in [0.29, 0.717) is 31.5 Å². The molecule has 16 heavy (non-hydrogen) atoms. The van der Waals surface area contributed by atoms with Crippen molar-refractivity contribution in [2.24, 2.45) is 17.3 Å². The van der Waals surface area contributed by atoms with Gasteiger partial charge in [0.2, 0.25) is 0 Å². The number of rotatable bonds is 4. The van der Waals surface area contributed by atoms with Crippen molar-refractivity contribution >= 4 is 0 Å². The van der Waals surface area contributed by atoms with Crippen LogP contribution in [0.1, 0.15) is 41.0 Å². The highest BCUT2D eigenvalue weighted by Gasteiger charge is 2.47. The second kappa shape index (κ2) is 5.01. The van der Waals surface area contributed by atoms with Crippen molar-refractivity contribution in [3.8, 4) is 0 Å². The van der Waals surface area contributed by atoms with E-state index in [1.54, 1.807) is 0 Å². The van der Waals surface area contributed by atoms with Gasteiger partial charge in [0.25, 0.3) is 0 Å². The first-order valence-corrected chi connectivity index (χ1v) is 6.26. The average molecular weight is 232 g/mol. The van der Waals surface area contributed by atoms with Crippen LogP contribution in [0.15, 0.2) is 0 Å². The quantitative estimate of drug-likeness (QED) is 0.739. The van der Waals surface area contributed by atoms with E-state index in [2.05, 4.69) is 27.7 Å². The summed E-state index contributed by atoms with van der Waals surface area (Å²) in [7, 11) is 0. The second-order valence-electron chi connectivity index (χ2n) is 5.52. The Hall–Kier alpha value is -0.150. The Balaban J connectivity index is 2.77. The van der Waals surface area contributed by atoms with Gasteiger partial charge in [0.05, 0.1) is 13.2 Å². The SMILES string of the molecule is CCC1(CF)OCC(C(C)C)(C(C)C)CO1. The molecule has 1 aliphatic heterocycles. The monoisotopic (exact) mass is 232 g/mol. The lowest BCUT2D eigenvalue weighted by atomic mass is 9.69. The van der Waals surface area contributed by atoms with Crippen molar-refractivity contribution in [2.75, 3.05) is 19.9 Å². The van der Waals surface area contributed by atoms with E-state index in [0.717, 1.165) is 0 Å². The lowest BCUT2D eigenvalue weighted by Gasteiger charge is -2.49. The van der Waals surface area contributed by atoms with Gasteiger partial charge in [-0.15, -0.1) is 0 Å². The third-order valence-electron chi connectivity index (χ3n) is 4.25. The second-order valence-corrected chi connectivity index (χ2v) is 5.52. The van der Waals surface area contributed by atoms with Crippen LogP contribution >= 0.6 is 0 Å². The lowest BCUT2D eigenvalue weighted by molar-refractivity contribution is -0.322. The van der Waals surface area contributed by atoms with Gasteiger partial charge in [0.1, 0.15) is 6.67 Å². The molecule has 1 saturated heterocycles. The molecule has 0 aromatic rings. The van der Waals surface area contributed by atoms with E-state index < -0.39 is 12.5 Å². The summed E-state index contributed by atoms with van der Waals surface area (Å²) in [5.41, 5.74) is 0.0217. The Morgan fingerprint density at radius 1 is 1.06 bits per heavy atom. The third kappa shape index (κ3) is 2.25. The van der Waals surface area contributed by atoms with Gasteiger partial charge in [-0.05, 0) is 11.8 Å². The van der Waals surface area contributed by atoms with E-state index in [9.17, 15) is 4.39 Å². The van der Waals surface area contributed by atoms with E-state index in [1.807, 2.05) is 6.92 Å². The summed E-state index contributed by atoms with van der Waals surface area (Å²) in [5, 5.41) is 0. The average Bonchev–Trinajstić information content (AvgIpc) is 2.28. The number of halogens is 1. The van der Waals surface area contributed by atoms with Crippen LogP contribution in [0.2, 0.25) is 0 Å². The largest absolute Gasteiger partial charge is 0.347 e. The molecule has 0 aromatic heterocycles. The molecule has 0 saturated carbocycles. The van der Waals surface area contributed by atoms with Gasteiger partial charge >= 0.3 is 0 Å². The molecule has 1 heterocycles. The Kier molecular flexibility index (Phi) is 4.35. The minimum Gasteiger partial charge on any atom is -0.347 e. The van der Waals surface area contributed by atoms with Crippen LogP contribution in [0.3, 0.4) is 0 Å². The van der Waals surface area contributed by atoms with Crippen molar-refractivity contribution in [3.05, 3.63) is 0 Å². The number of alkyl halides is 1. The Morgan fingerprint density at radius 2 is 1.50 bits per heavy atom. The van der Waals surface area contributed by atoms with Crippen molar-refractivity contribution in [1.82, 2.24) is 0 Å². The molecule has 0 amide bonds. The Morgan fingerprint density at radius 3 is 1.75 bits per heavy atom. The molecule has 3 heteroatoms. The summed E-state index contributed by atoms with van der Waals surface area (Å²) in [5.74, 6) is -0.0308. The topological polar surface area (TPSA) is 18.5 Å². The van der Waals surface area contributed by atoms with Gasteiger partial charge in [-0.3, -0.25) is 0 Å². The first kappa shape index (κ1) is 13.9. The molecule has 0 unspecified atom stereocenters. The maximum absolute atomic E-state index is 12.9. The van der Waals surface area contributed by atoms with Gasteiger partial charge in [-0.2, -0.15) is 0 Å². The fourth-order valence-electron chi connectivity index (χ4n) is 2.32. The molecular formula is C13H25FO2. The molecule has 0 spiro atoms. The molecule has 0 aromatic carbocycles. The molecule has 0 bridgehead atoms. The molecule has 0 radical (unpaired) electrons. The van der Waals surface area contributed by atoms with Crippen molar-refractivity contribution in [3.63, 3.8) is 0 Å². The van der Waals surface area contributed by atoms with Crippen LogP contribution in [-0.2, 0) is 9.47 Å². The first-order valence-electron chi connectivity index (χ1n) is 6.26. The van der Waals surface area contributed by atoms with Crippen LogP contribution in [0.4, 0.5) is 4.39 Å². The van der Waals surface area contributed by atoms with Gasteiger partial charge in [-0.25, -0.2) is 4.39 Å². The zero-order chi connectivity index (χ0) is 12.4. The summed E-state index contributed by atoms with van der Waals surface area (Å²) in [6.45, 7) is 11.3. The third-order valence-corrected chi connectivity index (χ3v) is 4.25. The molecule has 1 fully saturated rings. The van der Waals surface area contributed by atoms with E-state index in [-0.39, 0.29) is 5.41 Å². The molecule has 0 aliphatic carbocycles. The van der Waals surface area contributed by atoms with Crippen LogP contribution in [0, 0.1) is 17.3 Å². The highest BCUT2D eigenvalue weighted by Crippen LogP contribution is 2.42. The number of ether oxygens (including phenoxy) is 2. The molecule has 96 valence electrons. The zero-order valence-corrected chi connectivity index (χ0v) is 11.2. The fraction of sp³-hybridized carbons (Fsp3) is 1.00. The van der Waals surface area contributed by atoms with Crippen molar-refractivity contribution < 1.29 is 13.9 Å². The van der Waals surface area contributed by atoms with E-state index in [1.165, 1.54) is 0 Å². The van der Waals surface area contributed by atoms with Crippen molar-refractivity contribution in [1.29, 1.82) is 0 Å².